The summed E-state index contributed by atoms with van der Waals surface area (Å²) >= 11 is 3.34. The Hall–Kier alpha value is -1.94. The van der Waals surface area contributed by atoms with Gasteiger partial charge < -0.3 is 4.90 Å². The number of ketones is 1. The molecule has 0 aliphatic carbocycles. The third kappa shape index (κ3) is 2.51. The van der Waals surface area contributed by atoms with Crippen molar-refractivity contribution in [2.75, 3.05) is 4.90 Å². The molecule has 0 saturated carbocycles. The topological polar surface area (TPSA) is 37.4 Å². The average Bonchev–Trinajstić information content (AvgIpc) is 2.63. The molecule has 2 aromatic carbocycles. The minimum absolute atomic E-state index is 0.418. The molecular formula is C17H14BrNO2. The number of benzene rings is 2. The maximum absolute atomic E-state index is 12.2. The number of hydrogen-bond donors (Lipinski definition) is 0. The number of Topliss-reactive ketones (excluding diaryl/α,β-unsaturated/α-hetero) is 1. The van der Waals surface area contributed by atoms with Gasteiger partial charge in [0, 0.05) is 4.47 Å². The number of aryl methyl sites for hydroxylation is 2. The van der Waals surface area contributed by atoms with E-state index in [2.05, 4.69) is 22.0 Å². The first-order chi connectivity index (χ1) is 9.95. The van der Waals surface area contributed by atoms with Crippen molar-refractivity contribution in [2.45, 2.75) is 20.4 Å². The van der Waals surface area contributed by atoms with E-state index in [4.69, 9.17) is 0 Å². The summed E-state index contributed by atoms with van der Waals surface area (Å²) < 4.78 is 0.802. The van der Waals surface area contributed by atoms with Crippen LogP contribution in [0, 0.1) is 13.8 Å². The van der Waals surface area contributed by atoms with Gasteiger partial charge in [0.1, 0.15) is 0 Å². The highest BCUT2D eigenvalue weighted by molar-refractivity contribution is 9.10. The number of amides is 1. The minimum atomic E-state index is -0.456. The Morgan fingerprint density at radius 3 is 2.33 bits per heavy atom. The van der Waals surface area contributed by atoms with Gasteiger partial charge in [0.15, 0.2) is 0 Å². The Kier molecular flexibility index (Phi) is 3.41. The third-order valence-electron chi connectivity index (χ3n) is 3.56. The lowest BCUT2D eigenvalue weighted by atomic mass is 10.1. The van der Waals surface area contributed by atoms with Crippen molar-refractivity contribution < 1.29 is 9.59 Å². The predicted octanol–water partition coefficient (Wildman–Crippen LogP) is 3.80. The minimum Gasteiger partial charge on any atom is -0.300 e. The Labute approximate surface area is 131 Å². The number of fused-ring (bicyclic) bond motifs is 1. The van der Waals surface area contributed by atoms with Gasteiger partial charge in [0.05, 0.1) is 17.8 Å². The van der Waals surface area contributed by atoms with Gasteiger partial charge >= 0.3 is 0 Å². The van der Waals surface area contributed by atoms with Crippen LogP contribution >= 0.6 is 15.9 Å². The molecule has 1 aliphatic heterocycles. The molecule has 1 amide bonds. The van der Waals surface area contributed by atoms with Crippen molar-refractivity contribution in [1.29, 1.82) is 0 Å². The van der Waals surface area contributed by atoms with E-state index in [9.17, 15) is 9.59 Å². The molecule has 1 heterocycles. The summed E-state index contributed by atoms with van der Waals surface area (Å²) in [5, 5.41) is 0. The van der Waals surface area contributed by atoms with Crippen molar-refractivity contribution in [1.82, 2.24) is 0 Å². The van der Waals surface area contributed by atoms with E-state index in [0.29, 0.717) is 17.8 Å². The molecule has 106 valence electrons. The van der Waals surface area contributed by atoms with Crippen LogP contribution in [0.15, 0.2) is 40.9 Å². The summed E-state index contributed by atoms with van der Waals surface area (Å²) in [5.41, 5.74) is 4.49. The smallest absolute Gasteiger partial charge is 0.299 e. The molecular weight excluding hydrogens is 330 g/mol. The quantitative estimate of drug-likeness (QED) is 0.778. The van der Waals surface area contributed by atoms with E-state index < -0.39 is 11.7 Å². The first-order valence-corrected chi connectivity index (χ1v) is 7.48. The van der Waals surface area contributed by atoms with Crippen LogP contribution in [-0.4, -0.2) is 11.7 Å². The second-order valence-corrected chi connectivity index (χ2v) is 6.29. The fourth-order valence-corrected chi connectivity index (χ4v) is 3.13. The molecule has 0 spiro atoms. The van der Waals surface area contributed by atoms with Gasteiger partial charge in [0.2, 0.25) is 0 Å². The van der Waals surface area contributed by atoms with E-state index in [-0.39, 0.29) is 0 Å². The van der Waals surface area contributed by atoms with Crippen LogP contribution in [-0.2, 0) is 11.3 Å². The highest BCUT2D eigenvalue weighted by Crippen LogP contribution is 2.32. The third-order valence-corrected chi connectivity index (χ3v) is 4.05. The molecule has 0 radical (unpaired) electrons. The molecule has 0 saturated heterocycles. The normalized spacial score (nSPS) is 13.8. The van der Waals surface area contributed by atoms with Crippen LogP contribution in [0.2, 0.25) is 0 Å². The summed E-state index contributed by atoms with van der Waals surface area (Å²) in [6.45, 7) is 4.47. The second-order valence-electron chi connectivity index (χ2n) is 5.38. The molecule has 3 nitrogen and oxygen atoms in total. The molecule has 0 aromatic heterocycles. The van der Waals surface area contributed by atoms with Crippen LogP contribution in [0.1, 0.15) is 27.0 Å². The molecule has 3 rings (SSSR count). The van der Waals surface area contributed by atoms with Gasteiger partial charge in [-0.05, 0) is 37.6 Å². The standard InChI is InChI=1S/C17H14BrNO2/c1-10-5-11(2)7-12(6-10)9-19-15-4-3-13(18)8-14(15)16(20)17(19)21/h3-8H,9H2,1-2H3. The Bertz CT molecular complexity index is 747. The number of rotatable bonds is 2. The van der Waals surface area contributed by atoms with Gasteiger partial charge in [-0.15, -0.1) is 0 Å². The summed E-state index contributed by atoms with van der Waals surface area (Å²) in [7, 11) is 0. The Morgan fingerprint density at radius 2 is 1.67 bits per heavy atom. The fourth-order valence-electron chi connectivity index (χ4n) is 2.77. The monoisotopic (exact) mass is 343 g/mol. The van der Waals surface area contributed by atoms with E-state index in [1.165, 1.54) is 0 Å². The summed E-state index contributed by atoms with van der Waals surface area (Å²) in [6, 6.07) is 11.5. The van der Waals surface area contributed by atoms with Crippen molar-refractivity contribution in [3.05, 3.63) is 63.1 Å². The van der Waals surface area contributed by atoms with E-state index in [0.717, 1.165) is 21.2 Å². The zero-order valence-electron chi connectivity index (χ0n) is 11.8. The first-order valence-electron chi connectivity index (χ1n) is 6.68. The highest BCUT2D eigenvalue weighted by atomic mass is 79.9. The van der Waals surface area contributed by atoms with Crippen LogP contribution in [0.25, 0.3) is 0 Å². The molecule has 0 unspecified atom stereocenters. The number of carbonyl (C=O) groups excluding carboxylic acids is 2. The van der Waals surface area contributed by atoms with Gasteiger partial charge in [0.25, 0.3) is 11.7 Å². The largest absolute Gasteiger partial charge is 0.300 e. The number of carbonyl (C=O) groups is 2. The van der Waals surface area contributed by atoms with Gasteiger partial charge in [-0.3, -0.25) is 9.59 Å². The summed E-state index contributed by atoms with van der Waals surface area (Å²) in [5.74, 6) is -0.891. The fraction of sp³-hybridized carbons (Fsp3) is 0.176. The number of anilines is 1. The maximum atomic E-state index is 12.2. The average molecular weight is 344 g/mol. The lowest BCUT2D eigenvalue weighted by Crippen LogP contribution is -2.29. The molecule has 0 atom stereocenters. The second kappa shape index (κ2) is 5.11. The van der Waals surface area contributed by atoms with Crippen molar-refractivity contribution >= 4 is 33.3 Å². The van der Waals surface area contributed by atoms with Crippen molar-refractivity contribution in [3.63, 3.8) is 0 Å². The molecule has 4 heteroatoms. The summed E-state index contributed by atoms with van der Waals surface area (Å²) in [4.78, 5) is 25.8. The summed E-state index contributed by atoms with van der Waals surface area (Å²) in [6.07, 6.45) is 0. The zero-order valence-corrected chi connectivity index (χ0v) is 13.4. The van der Waals surface area contributed by atoms with Crippen LogP contribution in [0.3, 0.4) is 0 Å². The van der Waals surface area contributed by atoms with Crippen LogP contribution in [0.4, 0.5) is 5.69 Å². The van der Waals surface area contributed by atoms with Gasteiger partial charge in [-0.25, -0.2) is 0 Å². The molecule has 0 fully saturated rings. The zero-order chi connectivity index (χ0) is 15.1. The van der Waals surface area contributed by atoms with E-state index in [1.54, 1.807) is 11.0 Å². The lowest BCUT2D eigenvalue weighted by molar-refractivity contribution is -0.114. The van der Waals surface area contributed by atoms with Crippen molar-refractivity contribution in [2.24, 2.45) is 0 Å². The van der Waals surface area contributed by atoms with E-state index >= 15 is 0 Å². The number of nitrogens with zero attached hydrogens (tertiary/aromatic N) is 1. The molecule has 21 heavy (non-hydrogen) atoms. The van der Waals surface area contributed by atoms with Gasteiger partial charge in [-0.1, -0.05) is 45.3 Å². The molecule has 2 aromatic rings. The molecule has 1 aliphatic rings. The molecule has 0 N–H and O–H groups in total. The number of hydrogen-bond acceptors (Lipinski definition) is 2. The van der Waals surface area contributed by atoms with E-state index in [1.807, 2.05) is 38.1 Å². The van der Waals surface area contributed by atoms with Crippen LogP contribution < -0.4 is 4.90 Å². The predicted molar refractivity (Wildman–Crippen MR) is 85.6 cm³/mol. The van der Waals surface area contributed by atoms with Crippen LogP contribution in [0.5, 0.6) is 0 Å². The first kappa shape index (κ1) is 14.0. The highest BCUT2D eigenvalue weighted by Gasteiger charge is 2.35. The van der Waals surface area contributed by atoms with Gasteiger partial charge in [-0.2, -0.15) is 0 Å². The SMILES string of the molecule is Cc1cc(C)cc(CN2C(=O)C(=O)c3cc(Br)ccc32)c1. The Balaban J connectivity index is 2.00. The molecule has 0 bridgehead atoms. The number of halogens is 1. The Morgan fingerprint density at radius 1 is 1.00 bits per heavy atom. The van der Waals surface area contributed by atoms with Crippen molar-refractivity contribution in [3.8, 4) is 0 Å². The maximum Gasteiger partial charge on any atom is 0.299 e. The lowest BCUT2D eigenvalue weighted by Gasteiger charge is -2.17.